The topological polar surface area (TPSA) is 17.1 Å². The molecule has 0 aromatic heterocycles. The molecule has 2 aromatic rings. The van der Waals surface area contributed by atoms with Gasteiger partial charge < -0.3 is 0 Å². The molecule has 0 saturated carbocycles. The fraction of sp³-hybridized carbons (Fsp3) is 0.235. The van der Waals surface area contributed by atoms with Crippen LogP contribution in [0.5, 0.6) is 0 Å². The Morgan fingerprint density at radius 3 is 2.25 bits per heavy atom. The van der Waals surface area contributed by atoms with Crippen LogP contribution in [0.2, 0.25) is 0 Å². The number of ketones is 1. The summed E-state index contributed by atoms with van der Waals surface area (Å²) in [5.41, 5.74) is 2.05. The fourth-order valence-electron chi connectivity index (χ4n) is 1.91. The number of carbonyl (C=O) groups is 1. The summed E-state index contributed by atoms with van der Waals surface area (Å²) in [6, 6.07) is 16.0. The van der Waals surface area contributed by atoms with Crippen LogP contribution in [0.3, 0.4) is 0 Å². The van der Waals surface area contributed by atoms with Crippen LogP contribution < -0.4 is 0 Å². The van der Waals surface area contributed by atoms with Crippen molar-refractivity contribution in [1.29, 1.82) is 0 Å². The van der Waals surface area contributed by atoms with E-state index < -0.39 is 0 Å². The largest absolute Gasteiger partial charge is 0.293 e. The second kappa shape index (κ2) is 7.09. The lowest BCUT2D eigenvalue weighted by Gasteiger charge is -2.11. The molecule has 0 N–H and O–H groups in total. The molecule has 20 heavy (non-hydrogen) atoms. The van der Waals surface area contributed by atoms with Gasteiger partial charge in [-0.3, -0.25) is 4.79 Å². The summed E-state index contributed by atoms with van der Waals surface area (Å²) in [4.78, 5) is 13.5. The quantitative estimate of drug-likeness (QED) is 0.533. The second-order valence-corrected chi connectivity index (χ2v) is 6.96. The Hall–Kier alpha value is -1.06. The van der Waals surface area contributed by atoms with E-state index in [1.165, 1.54) is 5.56 Å². The van der Waals surface area contributed by atoms with Crippen molar-refractivity contribution in [3.05, 3.63) is 64.1 Å². The van der Waals surface area contributed by atoms with Crippen LogP contribution in [0.4, 0.5) is 0 Å². The fourth-order valence-corrected chi connectivity index (χ4v) is 3.12. The molecule has 1 nitrogen and oxygen atoms in total. The third-order valence-corrected chi connectivity index (χ3v) is 4.78. The molecule has 2 aromatic carbocycles. The first kappa shape index (κ1) is 15.3. The highest BCUT2D eigenvalue weighted by atomic mass is 79.9. The van der Waals surface area contributed by atoms with Gasteiger partial charge in [-0.2, -0.15) is 0 Å². The van der Waals surface area contributed by atoms with Gasteiger partial charge in [-0.1, -0.05) is 47.1 Å². The molecule has 0 saturated heterocycles. The Balaban J connectivity index is 2.05. The van der Waals surface area contributed by atoms with Gasteiger partial charge in [0.1, 0.15) is 0 Å². The molecule has 0 heterocycles. The predicted molar refractivity (Wildman–Crippen MR) is 89.6 cm³/mol. The molecule has 0 aliphatic carbocycles. The van der Waals surface area contributed by atoms with Crippen LogP contribution in [0.25, 0.3) is 0 Å². The lowest BCUT2D eigenvalue weighted by atomic mass is 10.1. The van der Waals surface area contributed by atoms with Gasteiger partial charge in [0, 0.05) is 14.9 Å². The van der Waals surface area contributed by atoms with E-state index in [0.29, 0.717) is 0 Å². The number of carbonyl (C=O) groups excluding carboxylic acids is 1. The number of rotatable bonds is 5. The summed E-state index contributed by atoms with van der Waals surface area (Å²) in [5, 5.41) is -0.0800. The number of Topliss-reactive ketones (excluding diaryl/α,β-unsaturated/α-hetero) is 1. The Labute approximate surface area is 132 Å². The molecular formula is C17H17BrOS. The maximum Gasteiger partial charge on any atom is 0.175 e. The van der Waals surface area contributed by atoms with Gasteiger partial charge in [0.05, 0.1) is 5.25 Å². The molecule has 0 aliphatic heterocycles. The predicted octanol–water partition coefficient (Wildman–Crippen LogP) is 5.38. The van der Waals surface area contributed by atoms with Gasteiger partial charge in [-0.15, -0.1) is 11.8 Å². The molecule has 3 heteroatoms. The van der Waals surface area contributed by atoms with Gasteiger partial charge in [-0.25, -0.2) is 0 Å². The number of benzene rings is 2. The lowest BCUT2D eigenvalue weighted by Crippen LogP contribution is -2.13. The highest BCUT2D eigenvalue weighted by Gasteiger charge is 2.16. The molecule has 0 fully saturated rings. The molecule has 0 bridgehead atoms. The van der Waals surface area contributed by atoms with E-state index in [1.54, 1.807) is 11.8 Å². The van der Waals surface area contributed by atoms with E-state index >= 15 is 0 Å². The minimum atomic E-state index is -0.0800. The Bertz CT molecular complexity index is 575. The maximum atomic E-state index is 12.4. The van der Waals surface area contributed by atoms with Crippen molar-refractivity contribution < 1.29 is 4.79 Å². The first-order valence-corrected chi connectivity index (χ1v) is 8.33. The minimum absolute atomic E-state index is 0.0800. The van der Waals surface area contributed by atoms with Crippen LogP contribution in [0.15, 0.2) is 57.9 Å². The molecule has 0 radical (unpaired) electrons. The summed E-state index contributed by atoms with van der Waals surface area (Å²) < 4.78 is 1.05. The van der Waals surface area contributed by atoms with E-state index in [-0.39, 0.29) is 11.0 Å². The van der Waals surface area contributed by atoms with Crippen molar-refractivity contribution >= 4 is 33.5 Å². The summed E-state index contributed by atoms with van der Waals surface area (Å²) >= 11 is 5.01. The molecule has 0 amide bonds. The smallest absolute Gasteiger partial charge is 0.175 e. The van der Waals surface area contributed by atoms with Crippen molar-refractivity contribution in [2.24, 2.45) is 0 Å². The maximum absolute atomic E-state index is 12.4. The van der Waals surface area contributed by atoms with Gasteiger partial charge in [0.15, 0.2) is 5.78 Å². The van der Waals surface area contributed by atoms with E-state index in [1.807, 2.05) is 55.5 Å². The summed E-state index contributed by atoms with van der Waals surface area (Å²) in [6.45, 7) is 4.08. The zero-order chi connectivity index (χ0) is 14.5. The van der Waals surface area contributed by atoms with Gasteiger partial charge >= 0.3 is 0 Å². The highest BCUT2D eigenvalue weighted by Crippen LogP contribution is 2.27. The van der Waals surface area contributed by atoms with E-state index in [4.69, 9.17) is 0 Å². The van der Waals surface area contributed by atoms with Gasteiger partial charge in [-0.05, 0) is 43.2 Å². The number of hydrogen-bond acceptors (Lipinski definition) is 2. The number of hydrogen-bond donors (Lipinski definition) is 0. The van der Waals surface area contributed by atoms with Crippen molar-refractivity contribution in [2.75, 3.05) is 0 Å². The number of halogens is 1. The Morgan fingerprint density at radius 1 is 1.10 bits per heavy atom. The first-order valence-electron chi connectivity index (χ1n) is 6.65. The first-order chi connectivity index (χ1) is 9.60. The average molecular weight is 349 g/mol. The molecule has 0 spiro atoms. The summed E-state index contributed by atoms with van der Waals surface area (Å²) in [6.07, 6.45) is 0.998. The zero-order valence-electron chi connectivity index (χ0n) is 11.6. The van der Waals surface area contributed by atoms with Crippen molar-refractivity contribution in [3.63, 3.8) is 0 Å². The normalized spacial score (nSPS) is 12.2. The van der Waals surface area contributed by atoms with Crippen LogP contribution in [-0.2, 0) is 6.42 Å². The standard InChI is InChI=1S/C17H17BrOS/c1-3-13-4-6-14(7-5-13)17(19)12(2)20-16-10-8-15(18)9-11-16/h4-12H,3H2,1-2H3. The van der Waals surface area contributed by atoms with Crippen molar-refractivity contribution in [2.45, 2.75) is 30.4 Å². The third-order valence-electron chi connectivity index (χ3n) is 3.14. The average Bonchev–Trinajstić information content (AvgIpc) is 2.49. The van der Waals surface area contributed by atoms with Crippen LogP contribution in [0, 0.1) is 0 Å². The van der Waals surface area contributed by atoms with E-state index in [9.17, 15) is 4.79 Å². The molecule has 104 valence electrons. The molecule has 2 rings (SSSR count). The van der Waals surface area contributed by atoms with Crippen LogP contribution >= 0.6 is 27.7 Å². The number of thioether (sulfide) groups is 1. The monoisotopic (exact) mass is 348 g/mol. The van der Waals surface area contributed by atoms with E-state index in [2.05, 4.69) is 22.9 Å². The van der Waals surface area contributed by atoms with Crippen LogP contribution in [-0.4, -0.2) is 11.0 Å². The second-order valence-electron chi connectivity index (χ2n) is 4.63. The van der Waals surface area contributed by atoms with Gasteiger partial charge in [0.2, 0.25) is 0 Å². The van der Waals surface area contributed by atoms with Crippen molar-refractivity contribution in [1.82, 2.24) is 0 Å². The van der Waals surface area contributed by atoms with Crippen molar-refractivity contribution in [3.8, 4) is 0 Å². The number of aryl methyl sites for hydroxylation is 1. The highest BCUT2D eigenvalue weighted by molar-refractivity contribution is 9.10. The molecule has 1 atom stereocenters. The minimum Gasteiger partial charge on any atom is -0.293 e. The molecule has 1 unspecified atom stereocenters. The molecule has 0 aliphatic rings. The Kier molecular flexibility index (Phi) is 5.44. The lowest BCUT2D eigenvalue weighted by molar-refractivity contribution is 0.0994. The third kappa shape index (κ3) is 3.97. The zero-order valence-corrected chi connectivity index (χ0v) is 14.0. The van der Waals surface area contributed by atoms with Gasteiger partial charge in [0.25, 0.3) is 0 Å². The summed E-state index contributed by atoms with van der Waals surface area (Å²) in [7, 11) is 0. The van der Waals surface area contributed by atoms with Crippen LogP contribution in [0.1, 0.15) is 29.8 Å². The summed E-state index contributed by atoms with van der Waals surface area (Å²) in [5.74, 6) is 0.181. The van der Waals surface area contributed by atoms with E-state index in [0.717, 1.165) is 21.4 Å². The molecular weight excluding hydrogens is 332 g/mol. The SMILES string of the molecule is CCc1ccc(C(=O)C(C)Sc2ccc(Br)cc2)cc1. The Morgan fingerprint density at radius 2 is 1.70 bits per heavy atom.